The molecule has 2 nitrogen and oxygen atoms in total. The summed E-state index contributed by atoms with van der Waals surface area (Å²) >= 11 is 2.79. The predicted octanol–water partition coefficient (Wildman–Crippen LogP) is 3.64. The van der Waals surface area contributed by atoms with Crippen molar-refractivity contribution in [1.82, 2.24) is 4.90 Å². The van der Waals surface area contributed by atoms with Crippen molar-refractivity contribution in [2.45, 2.75) is 25.7 Å². The highest BCUT2D eigenvalue weighted by molar-refractivity contribution is 9.09. The molecule has 0 N–H and O–H groups in total. The number of amides is 1. The summed E-state index contributed by atoms with van der Waals surface area (Å²) in [5.41, 5.74) is -0.0482. The Morgan fingerprint density at radius 2 is 1.75 bits per heavy atom. The maximum Gasteiger partial charge on any atom is 0.408 e. The molecule has 20 heavy (non-hydrogen) atoms. The van der Waals surface area contributed by atoms with Gasteiger partial charge in [0.1, 0.15) is 17.7 Å². The van der Waals surface area contributed by atoms with Gasteiger partial charge < -0.3 is 4.90 Å². The van der Waals surface area contributed by atoms with Gasteiger partial charge in [-0.3, -0.25) is 4.79 Å². The largest absolute Gasteiger partial charge is 0.408 e. The molecule has 1 aromatic rings. The van der Waals surface area contributed by atoms with Gasteiger partial charge in [0.05, 0.1) is 5.33 Å². The van der Waals surface area contributed by atoms with Crippen LogP contribution in [0.4, 0.5) is 22.0 Å². The fourth-order valence-corrected chi connectivity index (χ4v) is 1.92. The average Bonchev–Trinajstić information content (AvgIpc) is 2.32. The third-order valence-electron chi connectivity index (χ3n) is 2.65. The highest BCUT2D eigenvalue weighted by atomic mass is 79.9. The van der Waals surface area contributed by atoms with E-state index in [0.29, 0.717) is 11.0 Å². The van der Waals surface area contributed by atoms with E-state index in [1.165, 1.54) is 0 Å². The van der Waals surface area contributed by atoms with Crippen LogP contribution in [-0.4, -0.2) is 28.4 Å². The monoisotopic (exact) mass is 359 g/mol. The molecule has 0 spiro atoms. The van der Waals surface area contributed by atoms with E-state index in [9.17, 15) is 26.7 Å². The van der Waals surface area contributed by atoms with Crippen molar-refractivity contribution in [2.75, 3.05) is 5.33 Å². The maximum atomic E-state index is 13.0. The molecule has 0 saturated heterocycles. The summed E-state index contributed by atoms with van der Waals surface area (Å²) in [6.45, 7) is 0.288. The zero-order chi connectivity index (χ0) is 15.5. The number of rotatable bonds is 4. The SMILES string of the molecule is C[C@H](N(Cc1cc(F)cc(F)c1)C(=O)CBr)C(F)(F)F. The minimum atomic E-state index is -4.62. The Morgan fingerprint density at radius 1 is 1.25 bits per heavy atom. The number of hydrogen-bond donors (Lipinski definition) is 0. The quantitative estimate of drug-likeness (QED) is 0.593. The Morgan fingerprint density at radius 3 is 2.15 bits per heavy atom. The van der Waals surface area contributed by atoms with Gasteiger partial charge in [-0.05, 0) is 24.6 Å². The first-order valence-corrected chi connectivity index (χ1v) is 6.64. The van der Waals surface area contributed by atoms with Crippen LogP contribution >= 0.6 is 15.9 Å². The molecule has 0 unspecified atom stereocenters. The number of carbonyl (C=O) groups is 1. The molecule has 0 aliphatic heterocycles. The van der Waals surface area contributed by atoms with Crippen molar-refractivity contribution in [3.63, 3.8) is 0 Å². The lowest BCUT2D eigenvalue weighted by atomic mass is 10.1. The lowest BCUT2D eigenvalue weighted by Gasteiger charge is -2.30. The van der Waals surface area contributed by atoms with Crippen molar-refractivity contribution in [1.29, 1.82) is 0 Å². The number of benzene rings is 1. The Labute approximate surface area is 120 Å². The van der Waals surface area contributed by atoms with Crippen LogP contribution < -0.4 is 0 Å². The Hall–Kier alpha value is -1.18. The van der Waals surface area contributed by atoms with Crippen molar-refractivity contribution >= 4 is 21.8 Å². The molecule has 1 aromatic carbocycles. The van der Waals surface area contributed by atoms with Crippen LogP contribution in [0.15, 0.2) is 18.2 Å². The highest BCUT2D eigenvalue weighted by Crippen LogP contribution is 2.26. The summed E-state index contributed by atoms with van der Waals surface area (Å²) in [6, 6.07) is 0.327. The molecule has 0 fully saturated rings. The maximum absolute atomic E-state index is 13.0. The molecule has 1 atom stereocenters. The van der Waals surface area contributed by atoms with Gasteiger partial charge >= 0.3 is 6.18 Å². The molecule has 0 radical (unpaired) electrons. The van der Waals surface area contributed by atoms with E-state index in [1.54, 1.807) is 0 Å². The smallest absolute Gasteiger partial charge is 0.326 e. The van der Waals surface area contributed by atoms with Crippen LogP contribution in [0.2, 0.25) is 0 Å². The number of nitrogens with zero attached hydrogens (tertiary/aromatic N) is 1. The van der Waals surface area contributed by atoms with Gasteiger partial charge in [-0.25, -0.2) is 8.78 Å². The zero-order valence-corrected chi connectivity index (χ0v) is 11.9. The molecule has 1 rings (SSSR count). The molecule has 112 valence electrons. The van der Waals surface area contributed by atoms with Gasteiger partial charge in [0, 0.05) is 12.6 Å². The van der Waals surface area contributed by atoms with Gasteiger partial charge in [-0.1, -0.05) is 15.9 Å². The molecule has 0 saturated carbocycles. The normalized spacial score (nSPS) is 13.2. The van der Waals surface area contributed by atoms with Crippen molar-refractivity contribution in [3.8, 4) is 0 Å². The predicted molar refractivity (Wildman–Crippen MR) is 66.2 cm³/mol. The van der Waals surface area contributed by atoms with E-state index < -0.39 is 36.3 Å². The second-order valence-corrected chi connectivity index (χ2v) is 4.71. The molecule has 0 aromatic heterocycles. The topological polar surface area (TPSA) is 20.3 Å². The van der Waals surface area contributed by atoms with Crippen LogP contribution in [0.5, 0.6) is 0 Å². The minimum absolute atomic E-state index is 0.0482. The second kappa shape index (κ2) is 6.51. The van der Waals surface area contributed by atoms with Crippen LogP contribution in [0.3, 0.4) is 0 Å². The summed E-state index contributed by atoms with van der Waals surface area (Å²) in [5.74, 6) is -2.64. The van der Waals surface area contributed by atoms with Crippen molar-refractivity contribution in [3.05, 3.63) is 35.4 Å². The van der Waals surface area contributed by atoms with Crippen LogP contribution in [0.1, 0.15) is 12.5 Å². The first-order chi connectivity index (χ1) is 9.15. The molecular formula is C12H11BrF5NO. The zero-order valence-electron chi connectivity index (χ0n) is 10.3. The van der Waals surface area contributed by atoms with E-state index in [0.717, 1.165) is 19.1 Å². The van der Waals surface area contributed by atoms with Crippen LogP contribution in [-0.2, 0) is 11.3 Å². The summed E-state index contributed by atoms with van der Waals surface area (Å²) in [7, 11) is 0. The van der Waals surface area contributed by atoms with Gasteiger partial charge in [0.25, 0.3) is 0 Å². The van der Waals surface area contributed by atoms with Crippen LogP contribution in [0, 0.1) is 11.6 Å². The summed E-state index contributed by atoms with van der Waals surface area (Å²) in [6.07, 6.45) is -4.62. The van der Waals surface area contributed by atoms with E-state index >= 15 is 0 Å². The third kappa shape index (κ3) is 4.43. The van der Waals surface area contributed by atoms with Crippen LogP contribution in [0.25, 0.3) is 0 Å². The van der Waals surface area contributed by atoms with Crippen molar-refractivity contribution in [2.24, 2.45) is 0 Å². The van der Waals surface area contributed by atoms with E-state index in [1.807, 2.05) is 0 Å². The van der Waals surface area contributed by atoms with E-state index in [4.69, 9.17) is 0 Å². The molecule has 0 aliphatic rings. The summed E-state index contributed by atoms with van der Waals surface area (Å²) in [5, 5.41) is -0.314. The number of carbonyl (C=O) groups excluding carboxylic acids is 1. The Kier molecular flexibility index (Phi) is 5.50. The first-order valence-electron chi connectivity index (χ1n) is 5.52. The number of halogens is 6. The Bertz CT molecular complexity index is 471. The highest BCUT2D eigenvalue weighted by Gasteiger charge is 2.41. The van der Waals surface area contributed by atoms with Gasteiger partial charge in [0.2, 0.25) is 5.91 Å². The number of hydrogen-bond acceptors (Lipinski definition) is 1. The standard InChI is InChI=1S/C12H11BrF5NO/c1-7(12(16,17)18)19(11(20)5-13)6-8-2-9(14)4-10(15)3-8/h2-4,7H,5-6H2,1H3/t7-/m0/s1. The lowest BCUT2D eigenvalue weighted by Crippen LogP contribution is -2.47. The molecule has 0 bridgehead atoms. The third-order valence-corrected chi connectivity index (χ3v) is 3.13. The molecule has 1 amide bonds. The molecule has 0 aliphatic carbocycles. The molecular weight excluding hydrogens is 349 g/mol. The summed E-state index contributed by atoms with van der Waals surface area (Å²) in [4.78, 5) is 12.1. The van der Waals surface area contributed by atoms with Gasteiger partial charge in [-0.15, -0.1) is 0 Å². The fourth-order valence-electron chi connectivity index (χ4n) is 1.59. The lowest BCUT2D eigenvalue weighted by molar-refractivity contribution is -0.186. The summed E-state index contributed by atoms with van der Waals surface area (Å²) < 4.78 is 64.1. The first kappa shape index (κ1) is 16.9. The van der Waals surface area contributed by atoms with Gasteiger partial charge in [-0.2, -0.15) is 13.2 Å². The van der Waals surface area contributed by atoms with E-state index in [-0.39, 0.29) is 10.9 Å². The van der Waals surface area contributed by atoms with Gasteiger partial charge in [0.15, 0.2) is 0 Å². The fraction of sp³-hybridized carbons (Fsp3) is 0.417. The molecule has 0 heterocycles. The number of alkyl halides is 4. The molecule has 8 heteroatoms. The Balaban J connectivity index is 3.04. The van der Waals surface area contributed by atoms with E-state index in [2.05, 4.69) is 15.9 Å². The van der Waals surface area contributed by atoms with Crippen molar-refractivity contribution < 1.29 is 26.7 Å². The average molecular weight is 360 g/mol. The second-order valence-electron chi connectivity index (χ2n) is 4.15. The minimum Gasteiger partial charge on any atom is -0.326 e.